The molecule has 5 rings (SSSR count). The van der Waals surface area contributed by atoms with Crippen molar-refractivity contribution in [2.75, 3.05) is 33.0 Å². The minimum atomic E-state index is -3.87. The zero-order chi connectivity index (χ0) is 24.4. The van der Waals surface area contributed by atoms with Crippen molar-refractivity contribution in [3.05, 3.63) is 75.6 Å². The van der Waals surface area contributed by atoms with Crippen LogP contribution in [0, 0.1) is 0 Å². The Hall–Kier alpha value is -2.44. The summed E-state index contributed by atoms with van der Waals surface area (Å²) in [7, 11) is -3.87. The van der Waals surface area contributed by atoms with Crippen molar-refractivity contribution in [3.63, 3.8) is 0 Å². The maximum Gasteiger partial charge on any atom is 0.251 e. The number of nitrogens with one attached hydrogen (secondary N) is 1. The average Bonchev–Trinajstić information content (AvgIpc) is 3.52. The van der Waals surface area contributed by atoms with Crippen LogP contribution < -0.4 is 14.2 Å². The fourth-order valence-corrected chi connectivity index (χ4v) is 7.37. The molecular weight excluding hydrogens is 554 g/mol. The average molecular weight is 579 g/mol. The van der Waals surface area contributed by atoms with Crippen LogP contribution in [0.15, 0.2) is 68.7 Å². The molecule has 0 radical (unpaired) electrons. The molecule has 0 aliphatic carbocycles. The Morgan fingerprint density at radius 1 is 1.00 bits per heavy atom. The summed E-state index contributed by atoms with van der Waals surface area (Å²) in [6, 6.07) is 17.1. The van der Waals surface area contributed by atoms with E-state index < -0.39 is 16.1 Å². The normalized spacial score (nSPS) is 16.9. The van der Waals surface area contributed by atoms with E-state index in [1.54, 1.807) is 35.2 Å². The minimum absolute atomic E-state index is 0.159. The second kappa shape index (κ2) is 10.3. The molecule has 0 saturated carbocycles. The molecular formula is C24H24BrN3O5S2. The van der Waals surface area contributed by atoms with Gasteiger partial charge in [0.2, 0.25) is 12.7 Å². The van der Waals surface area contributed by atoms with E-state index in [1.165, 1.54) is 6.07 Å². The predicted molar refractivity (Wildman–Crippen MR) is 136 cm³/mol. The number of amides is 1. The topological polar surface area (TPSA) is 88.2 Å². The molecule has 0 spiro atoms. The van der Waals surface area contributed by atoms with Gasteiger partial charge in [0.25, 0.3) is 10.0 Å². The van der Waals surface area contributed by atoms with Gasteiger partial charge in [0.05, 0.1) is 3.79 Å². The minimum Gasteiger partial charge on any atom is -0.454 e. The lowest BCUT2D eigenvalue weighted by atomic mass is 10.1. The third-order valence-corrected chi connectivity index (χ3v) is 9.53. The molecule has 1 aromatic heterocycles. The van der Waals surface area contributed by atoms with Gasteiger partial charge >= 0.3 is 0 Å². The lowest BCUT2D eigenvalue weighted by Gasteiger charge is -2.36. The molecule has 2 aromatic carbocycles. The summed E-state index contributed by atoms with van der Waals surface area (Å²) in [6.07, 6.45) is 0. The fraction of sp³-hybridized carbons (Fsp3) is 0.292. The van der Waals surface area contributed by atoms with Crippen molar-refractivity contribution >= 4 is 43.2 Å². The standard InChI is InChI=1S/C24H24BrN3O5S2/c25-21-8-9-22(34-21)35(30,31)26-23(18-4-2-1-3-5-18)24(29)28-12-10-27(11-13-28)15-17-6-7-19-20(14-17)33-16-32-19/h1-9,14,23,26H,10-13,15-16H2/t23-/m1/s1. The first kappa shape index (κ1) is 24.3. The molecule has 2 aliphatic rings. The van der Waals surface area contributed by atoms with E-state index >= 15 is 0 Å². The Balaban J connectivity index is 1.27. The molecule has 8 nitrogen and oxygen atoms in total. The third-order valence-electron chi connectivity index (χ3n) is 5.99. The van der Waals surface area contributed by atoms with Gasteiger partial charge in [0, 0.05) is 32.7 Å². The molecule has 35 heavy (non-hydrogen) atoms. The number of ether oxygens (including phenoxy) is 2. The summed E-state index contributed by atoms with van der Waals surface area (Å²) in [5.74, 6) is 1.26. The van der Waals surface area contributed by atoms with E-state index in [0.29, 0.717) is 35.5 Å². The van der Waals surface area contributed by atoms with Gasteiger partial charge in [-0.15, -0.1) is 11.3 Å². The molecule has 3 aromatic rings. The molecule has 1 fully saturated rings. The number of piperazine rings is 1. The van der Waals surface area contributed by atoms with Crippen LogP contribution in [0.25, 0.3) is 0 Å². The van der Waals surface area contributed by atoms with Crippen molar-refractivity contribution in [2.24, 2.45) is 0 Å². The number of carbonyl (C=O) groups is 1. The number of thiophene rings is 1. The van der Waals surface area contributed by atoms with Gasteiger partial charge in [-0.1, -0.05) is 36.4 Å². The number of halogens is 1. The van der Waals surface area contributed by atoms with Gasteiger partial charge in [-0.2, -0.15) is 4.72 Å². The monoisotopic (exact) mass is 577 g/mol. The molecule has 1 N–H and O–H groups in total. The molecule has 1 amide bonds. The van der Waals surface area contributed by atoms with Crippen LogP contribution in [0.3, 0.4) is 0 Å². The highest BCUT2D eigenvalue weighted by atomic mass is 79.9. The summed E-state index contributed by atoms with van der Waals surface area (Å²) < 4.78 is 40.4. The van der Waals surface area contributed by atoms with Gasteiger partial charge in [0.1, 0.15) is 10.3 Å². The first-order chi connectivity index (χ1) is 16.9. The number of benzene rings is 2. The Kier molecular flexibility index (Phi) is 7.12. The van der Waals surface area contributed by atoms with E-state index in [4.69, 9.17) is 9.47 Å². The zero-order valence-electron chi connectivity index (χ0n) is 18.7. The van der Waals surface area contributed by atoms with Crippen molar-refractivity contribution in [2.45, 2.75) is 16.8 Å². The number of carbonyl (C=O) groups excluding carboxylic acids is 1. The third kappa shape index (κ3) is 5.54. The number of nitrogens with zero attached hydrogens (tertiary/aromatic N) is 2. The molecule has 11 heteroatoms. The number of hydrogen-bond acceptors (Lipinski definition) is 7. The molecule has 184 valence electrons. The second-order valence-corrected chi connectivity index (χ2v) is 12.7. The number of fused-ring (bicyclic) bond motifs is 1. The number of hydrogen-bond donors (Lipinski definition) is 1. The lowest BCUT2D eigenvalue weighted by molar-refractivity contribution is -0.135. The molecule has 2 aliphatic heterocycles. The first-order valence-electron chi connectivity index (χ1n) is 11.1. The highest BCUT2D eigenvalue weighted by Gasteiger charge is 2.33. The van der Waals surface area contributed by atoms with Gasteiger partial charge in [-0.05, 0) is 51.3 Å². The maximum absolute atomic E-state index is 13.6. The highest BCUT2D eigenvalue weighted by molar-refractivity contribution is 9.11. The van der Waals surface area contributed by atoms with Crippen molar-refractivity contribution in [1.29, 1.82) is 0 Å². The quantitative estimate of drug-likeness (QED) is 0.461. The van der Waals surface area contributed by atoms with Crippen molar-refractivity contribution < 1.29 is 22.7 Å². The molecule has 0 bridgehead atoms. The van der Waals surface area contributed by atoms with Crippen molar-refractivity contribution in [1.82, 2.24) is 14.5 Å². The highest BCUT2D eigenvalue weighted by Crippen LogP contribution is 2.33. The summed E-state index contributed by atoms with van der Waals surface area (Å²) in [5.41, 5.74) is 1.73. The van der Waals surface area contributed by atoms with Gasteiger partial charge in [0.15, 0.2) is 11.5 Å². The SMILES string of the molecule is O=C([C@H](NS(=O)(=O)c1ccc(Br)s1)c1ccccc1)N1CCN(Cc2ccc3c(c2)OCO3)CC1. The van der Waals surface area contributed by atoms with Crippen LogP contribution in [0.5, 0.6) is 11.5 Å². The first-order valence-corrected chi connectivity index (χ1v) is 14.2. The van der Waals surface area contributed by atoms with E-state index in [2.05, 4.69) is 25.6 Å². The molecule has 3 heterocycles. The van der Waals surface area contributed by atoms with Gasteiger partial charge in [-0.25, -0.2) is 8.42 Å². The number of sulfonamides is 1. The van der Waals surface area contributed by atoms with E-state index in [-0.39, 0.29) is 16.9 Å². The van der Waals surface area contributed by atoms with Crippen LogP contribution >= 0.6 is 27.3 Å². The molecule has 0 unspecified atom stereocenters. The predicted octanol–water partition coefficient (Wildman–Crippen LogP) is 3.60. The summed E-state index contributed by atoms with van der Waals surface area (Å²) >= 11 is 4.41. The lowest BCUT2D eigenvalue weighted by Crippen LogP contribution is -2.51. The smallest absolute Gasteiger partial charge is 0.251 e. The second-order valence-electron chi connectivity index (χ2n) is 8.31. The Morgan fingerprint density at radius 2 is 1.74 bits per heavy atom. The maximum atomic E-state index is 13.6. The summed E-state index contributed by atoms with van der Waals surface area (Å²) in [5, 5.41) is 0. The number of rotatable bonds is 7. The van der Waals surface area contributed by atoms with Gasteiger partial charge in [-0.3, -0.25) is 9.69 Å². The van der Waals surface area contributed by atoms with Crippen LogP contribution in [0.1, 0.15) is 17.2 Å². The summed E-state index contributed by atoms with van der Waals surface area (Å²) in [6.45, 7) is 3.38. The van der Waals surface area contributed by atoms with E-state index in [9.17, 15) is 13.2 Å². The fourth-order valence-electron chi connectivity index (χ4n) is 4.17. The van der Waals surface area contributed by atoms with Crippen molar-refractivity contribution in [3.8, 4) is 11.5 Å². The van der Waals surface area contributed by atoms with Gasteiger partial charge < -0.3 is 14.4 Å². The molecule has 1 saturated heterocycles. The largest absolute Gasteiger partial charge is 0.454 e. The summed E-state index contributed by atoms with van der Waals surface area (Å²) in [4.78, 5) is 17.6. The van der Waals surface area contributed by atoms with E-state index in [1.807, 2.05) is 24.3 Å². The van der Waals surface area contributed by atoms with Crippen LogP contribution in [0.4, 0.5) is 0 Å². The molecule has 1 atom stereocenters. The Labute approximate surface area is 216 Å². The van der Waals surface area contributed by atoms with Crippen LogP contribution in [-0.2, 0) is 21.4 Å². The zero-order valence-corrected chi connectivity index (χ0v) is 21.9. The Morgan fingerprint density at radius 3 is 2.46 bits per heavy atom. The van der Waals surface area contributed by atoms with Crippen LogP contribution in [-0.4, -0.2) is 57.1 Å². The Bertz CT molecular complexity index is 1310. The van der Waals surface area contributed by atoms with E-state index in [0.717, 1.165) is 34.9 Å². The van der Waals surface area contributed by atoms with Crippen LogP contribution in [0.2, 0.25) is 0 Å².